The molecule has 0 saturated heterocycles. The number of allylic oxidation sites excluding steroid dienone is 1. The second-order valence-electron chi connectivity index (χ2n) is 6.27. The number of rotatable bonds is 4. The Morgan fingerprint density at radius 1 is 1.25 bits per heavy atom. The summed E-state index contributed by atoms with van der Waals surface area (Å²) in [5.41, 5.74) is 1.17. The number of fused-ring (bicyclic) bond motifs is 2. The van der Waals surface area contributed by atoms with Crippen LogP contribution in [0.4, 0.5) is 8.78 Å². The number of carboxylic acids is 1. The number of para-hydroxylation sites is 1. The van der Waals surface area contributed by atoms with E-state index in [1.807, 2.05) is 0 Å². The molecular formula is C20H14F2N2O4. The van der Waals surface area contributed by atoms with E-state index in [9.17, 15) is 18.4 Å². The first-order valence-electron chi connectivity index (χ1n) is 8.47. The third-order valence-corrected chi connectivity index (χ3v) is 4.56. The summed E-state index contributed by atoms with van der Waals surface area (Å²) < 4.78 is 31.3. The SMILES string of the molecule is O=C(O)c1ccc2c(=O)n3c(nc2c1)C(=Cc1ccccc1OC(F)F)CC3. The molecule has 6 nitrogen and oxygen atoms in total. The van der Waals surface area contributed by atoms with Crippen LogP contribution < -0.4 is 10.3 Å². The lowest BCUT2D eigenvalue weighted by Gasteiger charge is -2.09. The molecule has 0 amide bonds. The summed E-state index contributed by atoms with van der Waals surface area (Å²) in [4.78, 5) is 28.4. The van der Waals surface area contributed by atoms with E-state index in [0.29, 0.717) is 35.3 Å². The summed E-state index contributed by atoms with van der Waals surface area (Å²) in [6.07, 6.45) is 2.16. The molecule has 1 N–H and O–H groups in total. The molecule has 142 valence electrons. The minimum Gasteiger partial charge on any atom is -0.478 e. The highest BCUT2D eigenvalue weighted by Crippen LogP contribution is 2.31. The molecular weight excluding hydrogens is 370 g/mol. The topological polar surface area (TPSA) is 81.4 Å². The zero-order chi connectivity index (χ0) is 19.8. The zero-order valence-corrected chi connectivity index (χ0v) is 14.4. The Labute approximate surface area is 157 Å². The summed E-state index contributed by atoms with van der Waals surface area (Å²) in [7, 11) is 0. The van der Waals surface area contributed by atoms with Crippen LogP contribution >= 0.6 is 0 Å². The number of halogens is 2. The van der Waals surface area contributed by atoms with Gasteiger partial charge in [0, 0.05) is 12.1 Å². The molecule has 0 radical (unpaired) electrons. The highest BCUT2D eigenvalue weighted by molar-refractivity contribution is 5.93. The quantitative estimate of drug-likeness (QED) is 0.743. The lowest BCUT2D eigenvalue weighted by Crippen LogP contribution is -2.21. The van der Waals surface area contributed by atoms with Gasteiger partial charge in [0.15, 0.2) is 0 Å². The lowest BCUT2D eigenvalue weighted by atomic mass is 10.1. The van der Waals surface area contributed by atoms with Crippen molar-refractivity contribution < 1.29 is 23.4 Å². The number of benzene rings is 2. The van der Waals surface area contributed by atoms with Crippen LogP contribution in [0.15, 0.2) is 47.3 Å². The fourth-order valence-corrected chi connectivity index (χ4v) is 3.28. The first-order valence-corrected chi connectivity index (χ1v) is 8.47. The van der Waals surface area contributed by atoms with Crippen LogP contribution in [-0.2, 0) is 6.54 Å². The number of aromatic carboxylic acids is 1. The number of ether oxygens (including phenoxy) is 1. The number of carboxylic acid groups (broad SMARTS) is 1. The summed E-state index contributed by atoms with van der Waals surface area (Å²) in [6, 6.07) is 10.5. The Hall–Kier alpha value is -3.55. The number of alkyl halides is 2. The van der Waals surface area contributed by atoms with Crippen LogP contribution in [0.3, 0.4) is 0 Å². The predicted octanol–water partition coefficient (Wildman–Crippen LogP) is 3.64. The van der Waals surface area contributed by atoms with Crippen molar-refractivity contribution in [2.45, 2.75) is 19.6 Å². The molecule has 0 bridgehead atoms. The maximum Gasteiger partial charge on any atom is 0.387 e. The fraction of sp³-hybridized carbons (Fsp3) is 0.150. The van der Waals surface area contributed by atoms with Crippen LogP contribution in [-0.4, -0.2) is 27.2 Å². The van der Waals surface area contributed by atoms with Crippen LogP contribution in [0.5, 0.6) is 5.75 Å². The lowest BCUT2D eigenvalue weighted by molar-refractivity contribution is -0.0499. The maximum atomic E-state index is 12.7. The molecule has 8 heteroatoms. The van der Waals surface area contributed by atoms with Gasteiger partial charge in [0.25, 0.3) is 5.56 Å². The van der Waals surface area contributed by atoms with Crippen molar-refractivity contribution in [3.8, 4) is 5.75 Å². The summed E-state index contributed by atoms with van der Waals surface area (Å²) in [5, 5.41) is 9.49. The van der Waals surface area contributed by atoms with Gasteiger partial charge >= 0.3 is 12.6 Å². The van der Waals surface area contributed by atoms with Gasteiger partial charge in [0.05, 0.1) is 16.5 Å². The molecule has 28 heavy (non-hydrogen) atoms. The molecule has 3 aromatic rings. The molecule has 2 heterocycles. The normalized spacial score (nSPS) is 14.6. The first-order chi connectivity index (χ1) is 13.4. The van der Waals surface area contributed by atoms with Crippen molar-refractivity contribution in [2.24, 2.45) is 0 Å². The molecule has 0 spiro atoms. The molecule has 1 aliphatic heterocycles. The van der Waals surface area contributed by atoms with Crippen molar-refractivity contribution in [1.29, 1.82) is 0 Å². The molecule has 1 aromatic heterocycles. The second-order valence-corrected chi connectivity index (χ2v) is 6.27. The Morgan fingerprint density at radius 3 is 2.79 bits per heavy atom. The van der Waals surface area contributed by atoms with E-state index in [0.717, 1.165) is 0 Å². The Morgan fingerprint density at radius 2 is 2.04 bits per heavy atom. The second kappa shape index (κ2) is 6.88. The van der Waals surface area contributed by atoms with Gasteiger partial charge in [0.1, 0.15) is 11.6 Å². The average molecular weight is 384 g/mol. The van der Waals surface area contributed by atoms with E-state index in [2.05, 4.69) is 9.72 Å². The Bertz CT molecular complexity index is 1180. The number of carbonyl (C=O) groups is 1. The molecule has 0 atom stereocenters. The minimum absolute atomic E-state index is 0.0275. The standard InChI is InChI=1S/C20H14F2N2O4/c21-20(22)28-16-4-2-1-3-11(16)9-12-7-8-24-17(12)23-15-10-13(19(26)27)5-6-14(15)18(24)25/h1-6,9-10,20H,7-8H2,(H,26,27). The number of aromatic nitrogens is 2. The largest absolute Gasteiger partial charge is 0.478 e. The molecule has 2 aromatic carbocycles. The van der Waals surface area contributed by atoms with Crippen molar-refractivity contribution in [1.82, 2.24) is 9.55 Å². The Kier molecular flexibility index (Phi) is 4.38. The van der Waals surface area contributed by atoms with Crippen molar-refractivity contribution in [3.63, 3.8) is 0 Å². The van der Waals surface area contributed by atoms with Crippen LogP contribution in [0.2, 0.25) is 0 Å². The molecule has 4 rings (SSSR count). The summed E-state index contributed by atoms with van der Waals surface area (Å²) in [6.45, 7) is -2.55. The third kappa shape index (κ3) is 3.13. The predicted molar refractivity (Wildman–Crippen MR) is 98.5 cm³/mol. The van der Waals surface area contributed by atoms with Crippen molar-refractivity contribution >= 4 is 28.5 Å². The molecule has 0 saturated carbocycles. The minimum atomic E-state index is -2.95. The van der Waals surface area contributed by atoms with Crippen LogP contribution in [0.1, 0.15) is 28.2 Å². The number of hydrogen-bond donors (Lipinski definition) is 1. The van der Waals surface area contributed by atoms with Crippen LogP contribution in [0.25, 0.3) is 22.6 Å². The molecule has 1 aliphatic rings. The maximum absolute atomic E-state index is 12.7. The average Bonchev–Trinajstić information content (AvgIpc) is 3.05. The van der Waals surface area contributed by atoms with E-state index in [1.165, 1.54) is 28.8 Å². The van der Waals surface area contributed by atoms with Crippen molar-refractivity contribution in [3.05, 3.63) is 69.8 Å². The summed E-state index contributed by atoms with van der Waals surface area (Å²) in [5.74, 6) is -0.690. The summed E-state index contributed by atoms with van der Waals surface area (Å²) >= 11 is 0. The number of hydrogen-bond acceptors (Lipinski definition) is 4. The molecule has 0 aliphatic carbocycles. The Balaban J connectivity index is 1.85. The van der Waals surface area contributed by atoms with Crippen molar-refractivity contribution in [2.75, 3.05) is 0 Å². The van der Waals surface area contributed by atoms with E-state index in [-0.39, 0.29) is 22.4 Å². The van der Waals surface area contributed by atoms with E-state index >= 15 is 0 Å². The van der Waals surface area contributed by atoms with Gasteiger partial charge in [-0.2, -0.15) is 8.78 Å². The van der Waals surface area contributed by atoms with Crippen LogP contribution in [0, 0.1) is 0 Å². The fourth-order valence-electron chi connectivity index (χ4n) is 3.28. The van der Waals surface area contributed by atoms with E-state index in [1.54, 1.807) is 24.3 Å². The third-order valence-electron chi connectivity index (χ3n) is 4.56. The first kappa shape index (κ1) is 17.8. The van der Waals surface area contributed by atoms with Gasteiger partial charge in [-0.3, -0.25) is 9.36 Å². The highest BCUT2D eigenvalue weighted by Gasteiger charge is 2.22. The molecule has 0 fully saturated rings. The van der Waals surface area contributed by atoms with Gasteiger partial charge in [0.2, 0.25) is 0 Å². The van der Waals surface area contributed by atoms with E-state index in [4.69, 9.17) is 5.11 Å². The monoisotopic (exact) mass is 384 g/mol. The molecule has 0 unspecified atom stereocenters. The van der Waals surface area contributed by atoms with Gasteiger partial charge in [-0.15, -0.1) is 0 Å². The van der Waals surface area contributed by atoms with Gasteiger partial charge in [-0.1, -0.05) is 18.2 Å². The van der Waals surface area contributed by atoms with Gasteiger partial charge in [-0.05, 0) is 42.3 Å². The number of nitrogens with zero attached hydrogens (tertiary/aromatic N) is 2. The van der Waals surface area contributed by atoms with Gasteiger partial charge in [-0.25, -0.2) is 9.78 Å². The zero-order valence-electron chi connectivity index (χ0n) is 14.4. The van der Waals surface area contributed by atoms with E-state index < -0.39 is 12.6 Å². The smallest absolute Gasteiger partial charge is 0.387 e. The van der Waals surface area contributed by atoms with Gasteiger partial charge < -0.3 is 9.84 Å². The highest BCUT2D eigenvalue weighted by atomic mass is 19.3.